The fourth-order valence-electron chi connectivity index (χ4n) is 2.58. The van der Waals surface area contributed by atoms with Gasteiger partial charge in [0.25, 0.3) is 0 Å². The molecule has 26 heavy (non-hydrogen) atoms. The van der Waals surface area contributed by atoms with Crippen LogP contribution in [0.1, 0.15) is 10.7 Å². The molecule has 130 valence electrons. The molecule has 4 rings (SSSR count). The minimum Gasteiger partial charge on any atom is -0.463 e. The highest BCUT2D eigenvalue weighted by molar-refractivity contribution is 7.18. The fraction of sp³-hybridized carbons (Fsp3) is 0.111. The van der Waals surface area contributed by atoms with E-state index in [9.17, 15) is 4.79 Å². The molecule has 3 aromatic heterocycles. The van der Waals surface area contributed by atoms with E-state index in [4.69, 9.17) is 4.42 Å². The van der Waals surface area contributed by atoms with Gasteiger partial charge in [-0.3, -0.25) is 4.98 Å². The Morgan fingerprint density at radius 3 is 2.96 bits per heavy atom. The molecule has 0 bridgehead atoms. The minimum atomic E-state index is -0.327. The van der Waals surface area contributed by atoms with Crippen molar-refractivity contribution in [3.05, 3.63) is 59.7 Å². The second-order valence-electron chi connectivity index (χ2n) is 5.55. The number of aromatic nitrogens is 3. The highest BCUT2D eigenvalue weighted by Gasteiger charge is 2.12. The van der Waals surface area contributed by atoms with Crippen molar-refractivity contribution in [1.29, 1.82) is 0 Å². The lowest BCUT2D eigenvalue weighted by Crippen LogP contribution is -2.28. The summed E-state index contributed by atoms with van der Waals surface area (Å²) in [5.41, 5.74) is 2.80. The maximum atomic E-state index is 12.2. The zero-order valence-corrected chi connectivity index (χ0v) is 14.7. The van der Waals surface area contributed by atoms with Crippen LogP contribution in [0.15, 0.2) is 53.4 Å². The Morgan fingerprint density at radius 1 is 1.23 bits per heavy atom. The molecule has 0 radical (unpaired) electrons. The molecule has 0 spiro atoms. The molecule has 0 aliphatic rings. The van der Waals surface area contributed by atoms with Crippen molar-refractivity contribution in [2.75, 3.05) is 5.32 Å². The van der Waals surface area contributed by atoms with Crippen LogP contribution >= 0.6 is 11.3 Å². The van der Waals surface area contributed by atoms with Gasteiger partial charge in [-0.05, 0) is 37.3 Å². The van der Waals surface area contributed by atoms with Crippen LogP contribution in [0, 0.1) is 6.92 Å². The quantitative estimate of drug-likeness (QED) is 0.571. The smallest absolute Gasteiger partial charge is 0.319 e. The van der Waals surface area contributed by atoms with Gasteiger partial charge in [-0.15, -0.1) is 11.3 Å². The van der Waals surface area contributed by atoms with E-state index in [-0.39, 0.29) is 12.6 Å². The molecule has 4 aromatic rings. The van der Waals surface area contributed by atoms with Crippen molar-refractivity contribution in [3.63, 3.8) is 0 Å². The molecule has 2 amide bonds. The number of carbonyl (C=O) groups excluding carboxylic acids is 1. The van der Waals surface area contributed by atoms with E-state index in [1.54, 1.807) is 42.1 Å². The predicted octanol–water partition coefficient (Wildman–Crippen LogP) is 3.98. The number of anilines is 1. The summed E-state index contributed by atoms with van der Waals surface area (Å²) in [6, 6.07) is 8.92. The Hall–Kier alpha value is -3.26. The van der Waals surface area contributed by atoms with E-state index in [0.29, 0.717) is 22.8 Å². The van der Waals surface area contributed by atoms with Crippen LogP contribution < -0.4 is 10.6 Å². The number of fused-ring (bicyclic) bond motifs is 1. The Morgan fingerprint density at radius 2 is 2.12 bits per heavy atom. The number of rotatable bonds is 4. The summed E-state index contributed by atoms with van der Waals surface area (Å²) in [4.78, 5) is 25.2. The van der Waals surface area contributed by atoms with Crippen molar-refractivity contribution in [2.45, 2.75) is 13.5 Å². The van der Waals surface area contributed by atoms with Gasteiger partial charge in [-0.25, -0.2) is 14.8 Å². The molecule has 2 N–H and O–H groups in total. The van der Waals surface area contributed by atoms with Gasteiger partial charge in [0.1, 0.15) is 5.69 Å². The van der Waals surface area contributed by atoms with Crippen molar-refractivity contribution >= 4 is 33.3 Å². The maximum absolute atomic E-state index is 12.2. The van der Waals surface area contributed by atoms with Crippen molar-refractivity contribution < 1.29 is 9.21 Å². The van der Waals surface area contributed by atoms with Crippen molar-refractivity contribution in [3.8, 4) is 11.5 Å². The van der Waals surface area contributed by atoms with Crippen molar-refractivity contribution in [1.82, 2.24) is 20.3 Å². The first kappa shape index (κ1) is 16.2. The first-order valence-electron chi connectivity index (χ1n) is 7.95. The molecule has 0 aliphatic carbocycles. The minimum absolute atomic E-state index is 0.230. The van der Waals surface area contributed by atoms with Crippen LogP contribution in [0.2, 0.25) is 0 Å². The van der Waals surface area contributed by atoms with E-state index < -0.39 is 0 Å². The number of amides is 2. The number of nitrogens with zero attached hydrogens (tertiary/aromatic N) is 3. The Kier molecular flexibility index (Phi) is 4.32. The third kappa shape index (κ3) is 3.40. The van der Waals surface area contributed by atoms with Gasteiger partial charge in [0.15, 0.2) is 5.76 Å². The van der Waals surface area contributed by atoms with E-state index in [0.717, 1.165) is 15.2 Å². The average Bonchev–Trinajstić information content (AvgIpc) is 3.28. The van der Waals surface area contributed by atoms with E-state index in [2.05, 4.69) is 25.6 Å². The molecule has 7 nitrogen and oxygen atoms in total. The second-order valence-corrected chi connectivity index (χ2v) is 6.79. The second kappa shape index (κ2) is 6.93. The van der Waals surface area contributed by atoms with Crippen LogP contribution in [-0.4, -0.2) is 21.0 Å². The Bertz CT molecular complexity index is 1060. The molecule has 0 saturated carbocycles. The number of thiazole rings is 1. The SMILES string of the molecule is Cc1nc2cc(NC(=O)NCc3nccnc3-c3ccco3)ccc2s1. The topological polar surface area (TPSA) is 92.9 Å². The number of furan rings is 1. The first-order valence-corrected chi connectivity index (χ1v) is 8.76. The van der Waals surface area contributed by atoms with Crippen LogP contribution in [0.25, 0.3) is 21.7 Å². The van der Waals surface area contributed by atoms with Crippen LogP contribution in [0.5, 0.6) is 0 Å². The van der Waals surface area contributed by atoms with E-state index in [1.165, 1.54) is 0 Å². The maximum Gasteiger partial charge on any atom is 0.319 e. The number of hydrogen-bond acceptors (Lipinski definition) is 6. The largest absolute Gasteiger partial charge is 0.463 e. The van der Waals surface area contributed by atoms with Gasteiger partial charge in [0.2, 0.25) is 0 Å². The van der Waals surface area contributed by atoms with E-state index in [1.807, 2.05) is 25.1 Å². The molecule has 0 unspecified atom stereocenters. The van der Waals surface area contributed by atoms with Crippen LogP contribution in [-0.2, 0) is 6.54 Å². The van der Waals surface area contributed by atoms with E-state index >= 15 is 0 Å². The number of urea groups is 1. The summed E-state index contributed by atoms with van der Waals surface area (Å²) in [5.74, 6) is 0.611. The lowest BCUT2D eigenvalue weighted by molar-refractivity contribution is 0.251. The molecular weight excluding hydrogens is 350 g/mol. The lowest BCUT2D eigenvalue weighted by Gasteiger charge is -2.09. The van der Waals surface area contributed by atoms with Gasteiger partial charge in [-0.1, -0.05) is 0 Å². The molecule has 3 heterocycles. The summed E-state index contributed by atoms with van der Waals surface area (Å²) < 4.78 is 6.46. The lowest BCUT2D eigenvalue weighted by atomic mass is 10.2. The van der Waals surface area contributed by atoms with Crippen LogP contribution in [0.3, 0.4) is 0 Å². The molecule has 0 aliphatic heterocycles. The molecule has 1 aromatic carbocycles. The normalized spacial score (nSPS) is 10.8. The van der Waals surface area contributed by atoms with Gasteiger partial charge >= 0.3 is 6.03 Å². The molecular formula is C18H15N5O2S. The zero-order valence-electron chi connectivity index (χ0n) is 13.9. The van der Waals surface area contributed by atoms with Gasteiger partial charge < -0.3 is 15.1 Å². The summed E-state index contributed by atoms with van der Waals surface area (Å²) >= 11 is 1.62. The number of nitrogens with one attached hydrogen (secondary N) is 2. The molecule has 0 fully saturated rings. The van der Waals surface area contributed by atoms with Gasteiger partial charge in [-0.2, -0.15) is 0 Å². The average molecular weight is 365 g/mol. The highest BCUT2D eigenvalue weighted by atomic mass is 32.1. The Balaban J connectivity index is 1.44. The highest BCUT2D eigenvalue weighted by Crippen LogP contribution is 2.24. The van der Waals surface area contributed by atoms with Crippen molar-refractivity contribution in [2.24, 2.45) is 0 Å². The van der Waals surface area contributed by atoms with Gasteiger partial charge in [0, 0.05) is 18.1 Å². The van der Waals surface area contributed by atoms with Gasteiger partial charge in [0.05, 0.1) is 33.7 Å². The summed E-state index contributed by atoms with van der Waals surface area (Å²) in [6.45, 7) is 2.19. The first-order chi connectivity index (χ1) is 12.7. The summed E-state index contributed by atoms with van der Waals surface area (Å²) in [7, 11) is 0. The number of carbonyl (C=O) groups is 1. The molecule has 0 saturated heterocycles. The standard InChI is InChI=1S/C18H15N5O2S/c1-11-22-13-9-12(4-5-16(13)26-11)23-18(24)21-10-14-17(20-7-6-19-14)15-3-2-8-25-15/h2-9H,10H2,1H3,(H2,21,23,24). The summed E-state index contributed by atoms with van der Waals surface area (Å²) in [5, 5.41) is 6.60. The number of aryl methyl sites for hydroxylation is 1. The fourth-order valence-corrected chi connectivity index (χ4v) is 3.38. The monoisotopic (exact) mass is 365 g/mol. The number of benzene rings is 1. The zero-order chi connectivity index (χ0) is 17.9. The summed E-state index contributed by atoms with van der Waals surface area (Å²) in [6.07, 6.45) is 4.75. The molecule has 8 heteroatoms. The third-order valence-electron chi connectivity index (χ3n) is 3.70. The Labute approximate surface area is 153 Å². The predicted molar refractivity (Wildman–Crippen MR) is 99.9 cm³/mol. The third-order valence-corrected chi connectivity index (χ3v) is 4.65. The molecule has 0 atom stereocenters. The van der Waals surface area contributed by atoms with Crippen LogP contribution in [0.4, 0.5) is 10.5 Å². The number of hydrogen-bond donors (Lipinski definition) is 2.